The van der Waals surface area contributed by atoms with E-state index in [-0.39, 0.29) is 24.2 Å². The molecule has 0 atom stereocenters. The van der Waals surface area contributed by atoms with Gasteiger partial charge in [-0.3, -0.25) is 4.79 Å². The predicted octanol–water partition coefficient (Wildman–Crippen LogP) is 3.89. The molecular formula is C19H26Cl2N4O. The van der Waals surface area contributed by atoms with Crippen LogP contribution in [-0.2, 0) is 0 Å². The molecule has 0 radical (unpaired) electrons. The molecule has 0 bridgehead atoms. The number of carbonyl (C=O) groups excluding carboxylic acids is 1. The molecule has 1 saturated heterocycles. The van der Waals surface area contributed by atoms with Crippen molar-refractivity contribution in [3.8, 4) is 5.69 Å². The normalized spacial score (nSPS) is 15.2. The number of nitrogens with one attached hydrogen (secondary N) is 1. The molecule has 3 rings (SSSR count). The molecule has 1 fully saturated rings. The van der Waals surface area contributed by atoms with Gasteiger partial charge < -0.3 is 10.2 Å². The molecule has 0 saturated carbocycles. The Kier molecular flexibility index (Phi) is 7.09. The molecule has 1 amide bonds. The first-order valence-electron chi connectivity index (χ1n) is 8.81. The predicted molar refractivity (Wildman–Crippen MR) is 108 cm³/mol. The van der Waals surface area contributed by atoms with Crippen molar-refractivity contribution in [2.24, 2.45) is 0 Å². The first-order valence-corrected chi connectivity index (χ1v) is 9.19. The number of piperidine rings is 1. The van der Waals surface area contributed by atoms with E-state index < -0.39 is 0 Å². The quantitative estimate of drug-likeness (QED) is 0.852. The van der Waals surface area contributed by atoms with Crippen LogP contribution in [0.1, 0.15) is 48.7 Å². The zero-order chi connectivity index (χ0) is 18.0. The van der Waals surface area contributed by atoms with E-state index in [1.165, 1.54) is 0 Å². The third-order valence-electron chi connectivity index (χ3n) is 4.83. The van der Waals surface area contributed by atoms with Gasteiger partial charge in [0.05, 0.1) is 23.1 Å². The molecule has 26 heavy (non-hydrogen) atoms. The fourth-order valence-corrected chi connectivity index (χ4v) is 3.62. The van der Waals surface area contributed by atoms with Gasteiger partial charge in [0, 0.05) is 24.2 Å². The zero-order valence-corrected chi connectivity index (χ0v) is 17.0. The van der Waals surface area contributed by atoms with Crippen LogP contribution in [0.5, 0.6) is 0 Å². The first-order chi connectivity index (χ1) is 12.0. The third kappa shape index (κ3) is 4.22. The minimum absolute atomic E-state index is 0. The van der Waals surface area contributed by atoms with E-state index in [0.717, 1.165) is 37.3 Å². The number of hydrogen-bond donors (Lipinski definition) is 1. The number of carbonyl (C=O) groups is 1. The summed E-state index contributed by atoms with van der Waals surface area (Å²) in [6, 6.07) is 8.06. The molecule has 1 aromatic heterocycles. The van der Waals surface area contributed by atoms with Crippen molar-refractivity contribution in [1.82, 2.24) is 20.0 Å². The number of amides is 1. The van der Waals surface area contributed by atoms with Gasteiger partial charge in [0.2, 0.25) is 0 Å². The molecule has 0 aliphatic carbocycles. The Balaban J connectivity index is 0.00000243. The Morgan fingerprint density at radius 3 is 2.58 bits per heavy atom. The summed E-state index contributed by atoms with van der Waals surface area (Å²) in [5.74, 6) is 0.252. The maximum absolute atomic E-state index is 13.1. The number of likely N-dealkylation sites (tertiary alicyclic amines) is 1. The molecule has 1 aliphatic heterocycles. The Morgan fingerprint density at radius 1 is 1.31 bits per heavy atom. The monoisotopic (exact) mass is 396 g/mol. The van der Waals surface area contributed by atoms with Crippen LogP contribution in [0, 0.1) is 0 Å². The SMILES string of the molecule is CNC1CCN(C(=O)c2cnn(-c3cccc(Cl)c3)c2C(C)C)CC1.Cl. The van der Waals surface area contributed by atoms with E-state index >= 15 is 0 Å². The second-order valence-electron chi connectivity index (χ2n) is 6.85. The Hall–Kier alpha value is -1.56. The van der Waals surface area contributed by atoms with Gasteiger partial charge in [-0.15, -0.1) is 12.4 Å². The molecule has 7 heteroatoms. The third-order valence-corrected chi connectivity index (χ3v) is 5.06. The maximum Gasteiger partial charge on any atom is 0.257 e. The van der Waals surface area contributed by atoms with E-state index in [1.807, 2.05) is 40.9 Å². The molecule has 5 nitrogen and oxygen atoms in total. The smallest absolute Gasteiger partial charge is 0.257 e. The van der Waals surface area contributed by atoms with Crippen LogP contribution in [0.2, 0.25) is 5.02 Å². The summed E-state index contributed by atoms with van der Waals surface area (Å²) in [6.45, 7) is 5.73. The highest BCUT2D eigenvalue weighted by atomic mass is 35.5. The summed E-state index contributed by atoms with van der Waals surface area (Å²) < 4.78 is 1.84. The van der Waals surface area contributed by atoms with E-state index in [1.54, 1.807) is 6.20 Å². The molecule has 1 aliphatic rings. The van der Waals surface area contributed by atoms with E-state index in [9.17, 15) is 4.79 Å². The summed E-state index contributed by atoms with van der Waals surface area (Å²) in [4.78, 5) is 15.0. The van der Waals surface area contributed by atoms with Gasteiger partial charge in [-0.1, -0.05) is 31.5 Å². The summed E-state index contributed by atoms with van der Waals surface area (Å²) in [7, 11) is 1.98. The number of rotatable bonds is 4. The van der Waals surface area contributed by atoms with Crippen molar-refractivity contribution in [3.05, 3.63) is 46.7 Å². The van der Waals surface area contributed by atoms with Crippen LogP contribution >= 0.6 is 24.0 Å². The lowest BCUT2D eigenvalue weighted by molar-refractivity contribution is 0.0705. The summed E-state index contributed by atoms with van der Waals surface area (Å²) >= 11 is 6.12. The maximum atomic E-state index is 13.1. The minimum atomic E-state index is 0. The fourth-order valence-electron chi connectivity index (χ4n) is 3.43. The van der Waals surface area contributed by atoms with Crippen molar-refractivity contribution >= 4 is 29.9 Å². The topological polar surface area (TPSA) is 50.2 Å². The van der Waals surface area contributed by atoms with Crippen LogP contribution in [0.15, 0.2) is 30.5 Å². The standard InChI is InChI=1S/C19H25ClN4O.ClH/c1-13(2)18-17(19(25)23-9-7-15(21-3)8-10-23)12-22-24(18)16-6-4-5-14(20)11-16;/h4-6,11-13,15,21H,7-10H2,1-3H3;1H. The second kappa shape index (κ2) is 8.89. The largest absolute Gasteiger partial charge is 0.338 e. The lowest BCUT2D eigenvalue weighted by atomic mass is 10.0. The van der Waals surface area contributed by atoms with Crippen LogP contribution in [0.3, 0.4) is 0 Å². The van der Waals surface area contributed by atoms with Crippen LogP contribution in [-0.4, -0.2) is 46.8 Å². The van der Waals surface area contributed by atoms with Crippen molar-refractivity contribution < 1.29 is 4.79 Å². The molecule has 0 spiro atoms. The Labute approximate surface area is 166 Å². The van der Waals surface area contributed by atoms with Gasteiger partial charge in [-0.05, 0) is 44.0 Å². The van der Waals surface area contributed by atoms with E-state index in [2.05, 4.69) is 24.3 Å². The Bertz CT molecular complexity index is 752. The molecule has 1 N–H and O–H groups in total. The minimum Gasteiger partial charge on any atom is -0.338 e. The van der Waals surface area contributed by atoms with Crippen molar-refractivity contribution in [3.63, 3.8) is 0 Å². The molecule has 142 valence electrons. The highest BCUT2D eigenvalue weighted by molar-refractivity contribution is 6.30. The Morgan fingerprint density at radius 2 is 2.00 bits per heavy atom. The van der Waals surface area contributed by atoms with Crippen LogP contribution < -0.4 is 5.32 Å². The zero-order valence-electron chi connectivity index (χ0n) is 15.4. The van der Waals surface area contributed by atoms with Crippen molar-refractivity contribution in [1.29, 1.82) is 0 Å². The molecule has 1 aromatic carbocycles. The van der Waals surface area contributed by atoms with Gasteiger partial charge in [-0.2, -0.15) is 5.10 Å². The average molecular weight is 397 g/mol. The van der Waals surface area contributed by atoms with E-state index in [4.69, 9.17) is 11.6 Å². The lowest BCUT2D eigenvalue weighted by Crippen LogP contribution is -2.44. The van der Waals surface area contributed by atoms with Gasteiger partial charge >= 0.3 is 0 Å². The van der Waals surface area contributed by atoms with Crippen LogP contribution in [0.25, 0.3) is 5.69 Å². The van der Waals surface area contributed by atoms with Gasteiger partial charge in [0.1, 0.15) is 0 Å². The molecule has 2 heterocycles. The fraction of sp³-hybridized carbons (Fsp3) is 0.474. The molecule has 0 unspecified atom stereocenters. The average Bonchev–Trinajstić information content (AvgIpc) is 3.06. The van der Waals surface area contributed by atoms with Crippen LogP contribution in [0.4, 0.5) is 0 Å². The number of benzene rings is 1. The number of nitrogens with zero attached hydrogens (tertiary/aromatic N) is 3. The van der Waals surface area contributed by atoms with E-state index in [0.29, 0.717) is 16.6 Å². The van der Waals surface area contributed by atoms with Gasteiger partial charge in [-0.25, -0.2) is 4.68 Å². The number of halogens is 2. The lowest BCUT2D eigenvalue weighted by Gasteiger charge is -2.32. The molecular weight excluding hydrogens is 371 g/mol. The molecule has 2 aromatic rings. The number of hydrogen-bond acceptors (Lipinski definition) is 3. The highest BCUT2D eigenvalue weighted by Crippen LogP contribution is 2.26. The summed E-state index contributed by atoms with van der Waals surface area (Å²) in [6.07, 6.45) is 3.67. The second-order valence-corrected chi connectivity index (χ2v) is 7.28. The van der Waals surface area contributed by atoms with Gasteiger partial charge in [0.25, 0.3) is 5.91 Å². The summed E-state index contributed by atoms with van der Waals surface area (Å²) in [5, 5.41) is 8.45. The van der Waals surface area contributed by atoms with Gasteiger partial charge in [0.15, 0.2) is 0 Å². The summed E-state index contributed by atoms with van der Waals surface area (Å²) in [5.41, 5.74) is 2.50. The van der Waals surface area contributed by atoms with Crippen molar-refractivity contribution in [2.75, 3.05) is 20.1 Å². The number of aromatic nitrogens is 2. The first kappa shape index (κ1) is 20.7. The highest BCUT2D eigenvalue weighted by Gasteiger charge is 2.27. The van der Waals surface area contributed by atoms with Crippen molar-refractivity contribution in [2.45, 2.75) is 38.6 Å².